The molecule has 1 rings (SSSR count). The van der Waals surface area contributed by atoms with Gasteiger partial charge >= 0.3 is 0 Å². The van der Waals surface area contributed by atoms with Gasteiger partial charge in [0.25, 0.3) is 6.47 Å². The van der Waals surface area contributed by atoms with Crippen LogP contribution in [0.15, 0.2) is 0 Å². The van der Waals surface area contributed by atoms with Gasteiger partial charge in [-0.3, -0.25) is 9.69 Å². The molecule has 5 heteroatoms. The molecule has 0 radical (unpaired) electrons. The smallest absolute Gasteiger partial charge is 0.293 e. The molecule has 0 aliphatic carbocycles. The van der Waals surface area contributed by atoms with Gasteiger partial charge in [0.2, 0.25) is 0 Å². The summed E-state index contributed by atoms with van der Waals surface area (Å²) in [4.78, 5) is 11.9. The molecule has 0 aromatic carbocycles. The van der Waals surface area contributed by atoms with Crippen molar-refractivity contribution in [2.75, 3.05) is 32.7 Å². The van der Waals surface area contributed by atoms with E-state index in [1.807, 2.05) is 20.8 Å². The van der Waals surface area contributed by atoms with E-state index in [1.165, 1.54) is 0 Å². The first-order valence-corrected chi connectivity index (χ1v) is 5.91. The third-order valence-corrected chi connectivity index (χ3v) is 2.15. The van der Waals surface area contributed by atoms with Crippen LogP contribution in [0.1, 0.15) is 27.2 Å². The lowest BCUT2D eigenvalue weighted by atomic mass is 10.2. The molecule has 1 aliphatic heterocycles. The summed E-state index contributed by atoms with van der Waals surface area (Å²) >= 11 is 0. The van der Waals surface area contributed by atoms with Crippen molar-refractivity contribution in [2.24, 2.45) is 0 Å². The second-order valence-electron chi connectivity index (χ2n) is 4.83. The minimum atomic E-state index is -0.318. The quantitative estimate of drug-likeness (QED) is 0.739. The zero-order valence-corrected chi connectivity index (χ0v) is 11.0. The van der Waals surface area contributed by atoms with Crippen molar-refractivity contribution in [3.05, 3.63) is 0 Å². The molecule has 0 aromatic heterocycles. The van der Waals surface area contributed by atoms with Crippen LogP contribution in [-0.4, -0.2) is 49.7 Å². The Morgan fingerprint density at radius 1 is 1.41 bits per heavy atom. The first kappa shape index (κ1) is 15.9. The topological polar surface area (TPSA) is 65.4 Å². The molecule has 1 heterocycles. The maximum Gasteiger partial charge on any atom is 0.293 e. The van der Waals surface area contributed by atoms with Gasteiger partial charge in [-0.05, 0) is 20.8 Å². The minimum Gasteiger partial charge on any atom is -0.462 e. The lowest BCUT2D eigenvalue weighted by molar-refractivity contribution is -0.138. The Hall–Kier alpha value is -1.12. The molecule has 1 fully saturated rings. The van der Waals surface area contributed by atoms with Crippen molar-refractivity contribution in [2.45, 2.75) is 32.8 Å². The van der Waals surface area contributed by atoms with Crippen LogP contribution in [0, 0.1) is 11.3 Å². The van der Waals surface area contributed by atoms with E-state index in [4.69, 9.17) is 5.26 Å². The van der Waals surface area contributed by atoms with Crippen LogP contribution in [0.25, 0.3) is 0 Å². The van der Waals surface area contributed by atoms with E-state index in [1.54, 1.807) is 0 Å². The van der Waals surface area contributed by atoms with Crippen molar-refractivity contribution in [3.8, 4) is 6.07 Å². The zero-order valence-electron chi connectivity index (χ0n) is 11.0. The standard InChI is InChI=1S/C7H13N3.C5H10O2/c8-2-1-5-10-6-3-9-4-7-10;1-5(2,3)7-4-6/h9H,1,3-7H2;4H,1-3H3. The number of nitrogens with one attached hydrogen (secondary N) is 1. The number of nitriles is 1. The molecule has 1 aliphatic rings. The van der Waals surface area contributed by atoms with Gasteiger partial charge in [-0.15, -0.1) is 0 Å². The Kier molecular flexibility index (Phi) is 8.38. The summed E-state index contributed by atoms with van der Waals surface area (Å²) in [5.74, 6) is 0. The van der Waals surface area contributed by atoms with Crippen molar-refractivity contribution in [3.63, 3.8) is 0 Å². The summed E-state index contributed by atoms with van der Waals surface area (Å²) in [5.41, 5.74) is -0.318. The lowest BCUT2D eigenvalue weighted by Gasteiger charge is -2.25. The predicted octanol–water partition coefficient (Wildman–Crippen LogP) is 0.763. The van der Waals surface area contributed by atoms with E-state index in [0.717, 1.165) is 32.7 Å². The number of hydrogen-bond acceptors (Lipinski definition) is 5. The average Bonchev–Trinajstić information content (AvgIpc) is 2.27. The van der Waals surface area contributed by atoms with Gasteiger partial charge in [-0.25, -0.2) is 0 Å². The Labute approximate surface area is 104 Å². The molecule has 0 amide bonds. The number of hydrogen-bond donors (Lipinski definition) is 1. The van der Waals surface area contributed by atoms with E-state index >= 15 is 0 Å². The van der Waals surface area contributed by atoms with Crippen LogP contribution in [0.5, 0.6) is 0 Å². The SMILES string of the molecule is CC(C)(C)OC=O.N#CCCN1CCNCC1. The molecule has 0 spiro atoms. The normalized spacial score (nSPS) is 16.4. The van der Waals surface area contributed by atoms with Crippen LogP contribution in [0.2, 0.25) is 0 Å². The highest BCUT2D eigenvalue weighted by atomic mass is 16.5. The summed E-state index contributed by atoms with van der Waals surface area (Å²) in [7, 11) is 0. The van der Waals surface area contributed by atoms with Crippen molar-refractivity contribution in [1.29, 1.82) is 5.26 Å². The number of nitrogens with zero attached hydrogens (tertiary/aromatic N) is 2. The summed E-state index contributed by atoms with van der Waals surface area (Å²) < 4.78 is 4.55. The van der Waals surface area contributed by atoms with Gasteiger partial charge in [0.1, 0.15) is 5.60 Å². The molecular weight excluding hydrogens is 218 g/mol. The molecule has 0 saturated carbocycles. The van der Waals surface area contributed by atoms with E-state index in [-0.39, 0.29) is 5.60 Å². The molecule has 1 N–H and O–H groups in total. The van der Waals surface area contributed by atoms with E-state index in [9.17, 15) is 4.79 Å². The maximum absolute atomic E-state index is 9.60. The summed E-state index contributed by atoms with van der Waals surface area (Å²) in [5, 5.41) is 11.6. The monoisotopic (exact) mass is 241 g/mol. The Balaban J connectivity index is 0.000000325. The zero-order chi connectivity index (χ0) is 13.1. The maximum atomic E-state index is 9.60. The largest absolute Gasteiger partial charge is 0.462 e. The van der Waals surface area contributed by atoms with E-state index < -0.39 is 0 Å². The van der Waals surface area contributed by atoms with Crippen molar-refractivity contribution < 1.29 is 9.53 Å². The molecule has 5 nitrogen and oxygen atoms in total. The Morgan fingerprint density at radius 2 is 2.00 bits per heavy atom. The molecule has 98 valence electrons. The van der Waals surface area contributed by atoms with Crippen LogP contribution in [0.4, 0.5) is 0 Å². The number of ether oxygens (including phenoxy) is 1. The minimum absolute atomic E-state index is 0.318. The van der Waals surface area contributed by atoms with Gasteiger partial charge in [-0.2, -0.15) is 5.26 Å². The average molecular weight is 241 g/mol. The molecule has 17 heavy (non-hydrogen) atoms. The van der Waals surface area contributed by atoms with Crippen LogP contribution >= 0.6 is 0 Å². The predicted molar refractivity (Wildman–Crippen MR) is 66.4 cm³/mol. The van der Waals surface area contributed by atoms with Gasteiger partial charge in [0, 0.05) is 39.1 Å². The first-order chi connectivity index (χ1) is 7.99. The van der Waals surface area contributed by atoms with Crippen LogP contribution in [0.3, 0.4) is 0 Å². The molecule has 0 aromatic rings. The lowest BCUT2D eigenvalue weighted by Crippen LogP contribution is -2.43. The first-order valence-electron chi connectivity index (χ1n) is 5.91. The fourth-order valence-corrected chi connectivity index (χ4v) is 1.29. The molecule has 0 atom stereocenters. The molecule has 1 saturated heterocycles. The van der Waals surface area contributed by atoms with Gasteiger partial charge in [0.05, 0.1) is 6.07 Å². The summed E-state index contributed by atoms with van der Waals surface area (Å²) in [6.07, 6.45) is 0.667. The van der Waals surface area contributed by atoms with Crippen LogP contribution < -0.4 is 5.32 Å². The van der Waals surface area contributed by atoms with Gasteiger partial charge in [-0.1, -0.05) is 0 Å². The highest BCUT2D eigenvalue weighted by Crippen LogP contribution is 2.02. The fraction of sp³-hybridized carbons (Fsp3) is 0.833. The molecule has 0 unspecified atom stereocenters. The Bertz CT molecular complexity index is 237. The van der Waals surface area contributed by atoms with E-state index in [0.29, 0.717) is 12.9 Å². The highest BCUT2D eigenvalue weighted by molar-refractivity contribution is 5.37. The van der Waals surface area contributed by atoms with Gasteiger partial charge < -0.3 is 10.1 Å². The molecular formula is C12H23N3O2. The number of piperazine rings is 1. The van der Waals surface area contributed by atoms with Crippen molar-refractivity contribution >= 4 is 6.47 Å². The Morgan fingerprint density at radius 3 is 2.35 bits per heavy atom. The number of carbonyl (C=O) groups is 1. The second-order valence-corrected chi connectivity index (χ2v) is 4.83. The third-order valence-electron chi connectivity index (χ3n) is 2.15. The summed E-state index contributed by atoms with van der Waals surface area (Å²) in [6.45, 7) is 11.2. The van der Waals surface area contributed by atoms with E-state index in [2.05, 4.69) is 21.0 Å². The van der Waals surface area contributed by atoms with Crippen molar-refractivity contribution in [1.82, 2.24) is 10.2 Å². The third kappa shape index (κ3) is 11.1. The fourth-order valence-electron chi connectivity index (χ4n) is 1.29. The second kappa shape index (κ2) is 8.97. The van der Waals surface area contributed by atoms with Crippen LogP contribution in [-0.2, 0) is 9.53 Å². The van der Waals surface area contributed by atoms with Gasteiger partial charge in [0.15, 0.2) is 0 Å². The number of rotatable bonds is 3. The highest BCUT2D eigenvalue weighted by Gasteiger charge is 2.08. The summed E-state index contributed by atoms with van der Waals surface area (Å²) in [6, 6.07) is 2.15. The number of carbonyl (C=O) groups excluding carboxylic acids is 1. The molecule has 0 bridgehead atoms.